The average molecular weight is 312 g/mol. The van der Waals surface area contributed by atoms with Crippen LogP contribution in [0.4, 0.5) is 5.00 Å². The van der Waals surface area contributed by atoms with Crippen LogP contribution in [-0.2, 0) is 17.6 Å². The number of fused-ring (bicyclic) bond motifs is 1. The molecule has 1 heterocycles. The van der Waals surface area contributed by atoms with Gasteiger partial charge in [0.25, 0.3) is 0 Å². The molecule has 0 saturated carbocycles. The summed E-state index contributed by atoms with van der Waals surface area (Å²) in [5.41, 5.74) is 1.80. The molecule has 0 saturated heterocycles. The maximum absolute atomic E-state index is 12.0. The van der Waals surface area contributed by atoms with Crippen molar-refractivity contribution in [1.82, 2.24) is 5.32 Å². The largest absolute Gasteiger partial charge is 0.465 e. The minimum atomic E-state index is -0.279. The molecular formula is C14H20N2O2S2. The lowest BCUT2D eigenvalue weighted by molar-refractivity contribution is 0.0601. The Hall–Kier alpha value is -1.14. The summed E-state index contributed by atoms with van der Waals surface area (Å²) in [5, 5.41) is 7.67. The standard InChI is InChI=1S/C14H20N2O2S2/c1-8(2)7-15-14(19)16-12-11(13(17)18-3)9-5-4-6-10(9)20-12/h8H,4-7H2,1-3H3,(H2,15,16,19). The fourth-order valence-corrected chi connectivity index (χ4v) is 3.79. The van der Waals surface area contributed by atoms with Crippen LogP contribution in [0.1, 0.15) is 41.1 Å². The summed E-state index contributed by atoms with van der Waals surface area (Å²) in [7, 11) is 1.42. The van der Waals surface area contributed by atoms with Crippen molar-refractivity contribution in [3.8, 4) is 0 Å². The van der Waals surface area contributed by atoms with Gasteiger partial charge in [-0.2, -0.15) is 0 Å². The van der Waals surface area contributed by atoms with Crippen molar-refractivity contribution in [2.24, 2.45) is 5.92 Å². The second-order valence-corrected chi connectivity index (χ2v) is 6.80. The van der Waals surface area contributed by atoms with Gasteiger partial charge in [0.15, 0.2) is 5.11 Å². The monoisotopic (exact) mass is 312 g/mol. The number of thiocarbonyl (C=S) groups is 1. The van der Waals surface area contributed by atoms with Crippen LogP contribution < -0.4 is 10.6 Å². The van der Waals surface area contributed by atoms with Gasteiger partial charge in [-0.3, -0.25) is 0 Å². The van der Waals surface area contributed by atoms with Crippen molar-refractivity contribution >= 4 is 39.6 Å². The Balaban J connectivity index is 2.15. The summed E-state index contributed by atoms with van der Waals surface area (Å²) in [6.07, 6.45) is 3.10. The van der Waals surface area contributed by atoms with Crippen molar-refractivity contribution in [2.45, 2.75) is 33.1 Å². The number of nitrogens with one attached hydrogen (secondary N) is 2. The van der Waals surface area contributed by atoms with Crippen LogP contribution in [0.15, 0.2) is 0 Å². The summed E-state index contributed by atoms with van der Waals surface area (Å²) in [6.45, 7) is 5.05. The molecule has 0 bridgehead atoms. The first kappa shape index (κ1) is 15.3. The molecule has 0 radical (unpaired) electrons. The first-order valence-corrected chi connectivity index (χ1v) is 8.03. The Kier molecular flexibility index (Phi) is 4.99. The van der Waals surface area contributed by atoms with Gasteiger partial charge >= 0.3 is 5.97 Å². The third-order valence-corrected chi connectivity index (χ3v) is 4.66. The van der Waals surface area contributed by atoms with Crippen LogP contribution in [0.3, 0.4) is 0 Å². The number of aryl methyl sites for hydroxylation is 1. The summed E-state index contributed by atoms with van der Waals surface area (Å²) in [5.74, 6) is 0.238. The lowest BCUT2D eigenvalue weighted by Gasteiger charge is -2.12. The number of methoxy groups -OCH3 is 1. The smallest absolute Gasteiger partial charge is 0.341 e. The van der Waals surface area contributed by atoms with Gasteiger partial charge in [-0.05, 0) is 43.0 Å². The molecule has 0 spiro atoms. The molecule has 2 N–H and O–H groups in total. The number of thiophene rings is 1. The van der Waals surface area contributed by atoms with Crippen LogP contribution in [0.5, 0.6) is 0 Å². The molecule has 1 aliphatic rings. The van der Waals surface area contributed by atoms with E-state index in [1.54, 1.807) is 11.3 Å². The number of carbonyl (C=O) groups is 1. The Bertz CT molecular complexity index is 523. The van der Waals surface area contributed by atoms with E-state index in [9.17, 15) is 4.79 Å². The summed E-state index contributed by atoms with van der Waals surface area (Å²) >= 11 is 6.89. The second-order valence-electron chi connectivity index (χ2n) is 5.28. The lowest BCUT2D eigenvalue weighted by atomic mass is 10.1. The number of esters is 1. The quantitative estimate of drug-likeness (QED) is 0.661. The van der Waals surface area contributed by atoms with Crippen molar-refractivity contribution in [3.05, 3.63) is 16.0 Å². The Morgan fingerprint density at radius 3 is 2.85 bits per heavy atom. The van der Waals surface area contributed by atoms with Crippen molar-refractivity contribution in [3.63, 3.8) is 0 Å². The fourth-order valence-electron chi connectivity index (χ4n) is 2.25. The highest BCUT2D eigenvalue weighted by atomic mass is 32.1. The number of hydrogen-bond acceptors (Lipinski definition) is 4. The van der Waals surface area contributed by atoms with Crippen LogP contribution in [0, 0.1) is 5.92 Å². The molecule has 0 unspecified atom stereocenters. The highest BCUT2D eigenvalue weighted by molar-refractivity contribution is 7.80. The molecule has 2 rings (SSSR count). The van der Waals surface area contributed by atoms with Crippen molar-refractivity contribution in [1.29, 1.82) is 0 Å². The maximum atomic E-state index is 12.0. The van der Waals surface area contributed by atoms with Crippen LogP contribution in [0.25, 0.3) is 0 Å². The zero-order chi connectivity index (χ0) is 14.7. The molecule has 110 valence electrons. The van der Waals surface area contributed by atoms with Gasteiger partial charge in [0.05, 0.1) is 12.7 Å². The summed E-state index contributed by atoms with van der Waals surface area (Å²) in [6, 6.07) is 0. The van der Waals surface area contributed by atoms with Gasteiger partial charge < -0.3 is 15.4 Å². The van der Waals surface area contributed by atoms with Crippen LogP contribution >= 0.6 is 23.6 Å². The normalized spacial score (nSPS) is 13.2. The number of rotatable bonds is 4. The van der Waals surface area contributed by atoms with E-state index in [2.05, 4.69) is 24.5 Å². The third kappa shape index (κ3) is 3.30. The highest BCUT2D eigenvalue weighted by Crippen LogP contribution is 2.39. The predicted octanol–water partition coefficient (Wildman–Crippen LogP) is 2.97. The summed E-state index contributed by atoms with van der Waals surface area (Å²) in [4.78, 5) is 13.3. The van der Waals surface area contributed by atoms with Gasteiger partial charge in [0.2, 0.25) is 0 Å². The SMILES string of the molecule is COC(=O)c1c(NC(=S)NCC(C)C)sc2c1CCC2. The van der Waals surface area contributed by atoms with E-state index in [1.807, 2.05) is 0 Å². The average Bonchev–Trinajstić information content (AvgIpc) is 2.95. The topological polar surface area (TPSA) is 50.4 Å². The first-order chi connectivity index (χ1) is 9.52. The molecule has 1 aromatic heterocycles. The third-order valence-electron chi connectivity index (χ3n) is 3.21. The van der Waals surface area contributed by atoms with E-state index in [1.165, 1.54) is 12.0 Å². The number of hydrogen-bond donors (Lipinski definition) is 2. The molecule has 6 heteroatoms. The molecular weight excluding hydrogens is 292 g/mol. The molecule has 1 aliphatic carbocycles. The molecule has 4 nitrogen and oxygen atoms in total. The first-order valence-electron chi connectivity index (χ1n) is 6.80. The van der Waals surface area contributed by atoms with Gasteiger partial charge in [-0.15, -0.1) is 11.3 Å². The zero-order valence-corrected chi connectivity index (χ0v) is 13.7. The van der Waals surface area contributed by atoms with Crippen molar-refractivity contribution < 1.29 is 9.53 Å². The van der Waals surface area contributed by atoms with Crippen LogP contribution in [-0.4, -0.2) is 24.7 Å². The van der Waals surface area contributed by atoms with E-state index in [4.69, 9.17) is 17.0 Å². The van der Waals surface area contributed by atoms with E-state index < -0.39 is 0 Å². The molecule has 0 aromatic carbocycles. The van der Waals surface area contributed by atoms with Gasteiger partial charge in [-0.1, -0.05) is 13.8 Å². The lowest BCUT2D eigenvalue weighted by Crippen LogP contribution is -2.31. The zero-order valence-electron chi connectivity index (χ0n) is 12.0. The highest BCUT2D eigenvalue weighted by Gasteiger charge is 2.27. The van der Waals surface area contributed by atoms with E-state index >= 15 is 0 Å². The van der Waals surface area contributed by atoms with Gasteiger partial charge in [0, 0.05) is 11.4 Å². The fraction of sp³-hybridized carbons (Fsp3) is 0.571. The second kappa shape index (κ2) is 6.54. The maximum Gasteiger partial charge on any atom is 0.341 e. The van der Waals surface area contributed by atoms with Crippen molar-refractivity contribution in [2.75, 3.05) is 19.0 Å². The van der Waals surface area contributed by atoms with E-state index in [0.29, 0.717) is 16.6 Å². The minimum Gasteiger partial charge on any atom is -0.465 e. The number of anilines is 1. The van der Waals surface area contributed by atoms with Crippen LogP contribution in [0.2, 0.25) is 0 Å². The molecule has 0 atom stereocenters. The van der Waals surface area contributed by atoms with E-state index in [-0.39, 0.29) is 5.97 Å². The minimum absolute atomic E-state index is 0.279. The molecule has 0 fully saturated rings. The number of carbonyl (C=O) groups excluding carboxylic acids is 1. The van der Waals surface area contributed by atoms with Gasteiger partial charge in [0.1, 0.15) is 5.00 Å². The predicted molar refractivity (Wildman–Crippen MR) is 86.7 cm³/mol. The molecule has 0 amide bonds. The number of ether oxygens (including phenoxy) is 1. The van der Waals surface area contributed by atoms with Gasteiger partial charge in [-0.25, -0.2) is 4.79 Å². The van der Waals surface area contributed by atoms with E-state index in [0.717, 1.165) is 36.4 Å². The Morgan fingerprint density at radius 1 is 1.45 bits per heavy atom. The molecule has 1 aromatic rings. The summed E-state index contributed by atoms with van der Waals surface area (Å²) < 4.78 is 4.90. The molecule has 20 heavy (non-hydrogen) atoms. The molecule has 0 aliphatic heterocycles. The Labute approximate surface area is 128 Å². The Morgan fingerprint density at radius 2 is 2.20 bits per heavy atom.